The molecule has 1 amide bonds. The molecular formula is C16H19F3N2O7. The number of nitrogens with two attached hydrogens (primary N) is 1. The van der Waals surface area contributed by atoms with E-state index in [4.69, 9.17) is 25.8 Å². The first-order chi connectivity index (χ1) is 12.8. The Labute approximate surface area is 157 Å². The molecule has 0 aliphatic rings. The molecule has 0 radical (unpaired) electrons. The van der Waals surface area contributed by atoms with Crippen molar-refractivity contribution in [1.29, 1.82) is 0 Å². The molecule has 156 valence electrons. The lowest BCUT2D eigenvalue weighted by Crippen LogP contribution is -2.43. The molecule has 12 heteroatoms. The normalized spacial score (nSPS) is 12.7. The summed E-state index contributed by atoms with van der Waals surface area (Å²) in [7, 11) is 0. The number of carboxylic acid groups (broad SMARTS) is 3. The lowest BCUT2D eigenvalue weighted by atomic mass is 10.2. The number of halogens is 3. The van der Waals surface area contributed by atoms with Crippen LogP contribution in [0.1, 0.15) is 18.4 Å². The molecule has 0 saturated heterocycles. The second-order valence-corrected chi connectivity index (χ2v) is 5.43. The van der Waals surface area contributed by atoms with Crippen LogP contribution in [0.4, 0.5) is 13.2 Å². The number of aliphatic carboxylic acids is 3. The van der Waals surface area contributed by atoms with Crippen LogP contribution in [0.25, 0.3) is 0 Å². The first-order valence-corrected chi connectivity index (χ1v) is 7.69. The van der Waals surface area contributed by atoms with Crippen LogP contribution in [0.5, 0.6) is 0 Å². The SMILES string of the molecule is N[C@@H](CCC(=O)[15NH][13C@@H]([13CH2][13c]1[13cH][13cH][13cH][13cH][13cH]1)[13C](=O)O)C(=O)O.O=C(O)C(F)(F)F. The first-order valence-electron chi connectivity index (χ1n) is 7.69. The standard InChI is InChI=1S/C14H18N2O5.C2HF3O2/c15-10(13(18)19)6-7-12(17)16-11(14(20)21)8-9-4-2-1-3-5-9;3-2(4,5)1(6)7/h1-5,10-11H,6-8,15H2,(H,16,17)(H,18,19)(H,20,21);(H,6,7)/t10-,11-;/m0./s1/i1+1,2+1,3+1,4+1,5+1,8+1,9+1,11+1,14+1,16+1;. The van der Waals surface area contributed by atoms with E-state index in [2.05, 4.69) is 5.32 Å². The molecule has 0 aliphatic heterocycles. The van der Waals surface area contributed by atoms with E-state index < -0.39 is 42.1 Å². The lowest BCUT2D eigenvalue weighted by molar-refractivity contribution is -0.192. The van der Waals surface area contributed by atoms with Crippen molar-refractivity contribution in [2.75, 3.05) is 0 Å². The molecule has 0 unspecified atom stereocenters. The van der Waals surface area contributed by atoms with Gasteiger partial charge in [0.25, 0.3) is 0 Å². The van der Waals surface area contributed by atoms with E-state index in [9.17, 15) is 27.6 Å². The number of hydrogen-bond donors (Lipinski definition) is 5. The maximum atomic E-state index is 11.7. The second-order valence-electron chi connectivity index (χ2n) is 5.43. The Balaban J connectivity index is 0.000000887. The van der Waals surface area contributed by atoms with Gasteiger partial charge in [0.1, 0.15) is 12.1 Å². The fourth-order valence-corrected chi connectivity index (χ4v) is 1.73. The van der Waals surface area contributed by atoms with Crippen LogP contribution in [0.15, 0.2) is 30.3 Å². The van der Waals surface area contributed by atoms with Gasteiger partial charge in [0.05, 0.1) is 0 Å². The minimum absolute atomic E-state index is 0.0428. The Morgan fingerprint density at radius 2 is 1.50 bits per heavy atom. The van der Waals surface area contributed by atoms with Gasteiger partial charge in [0.2, 0.25) is 5.91 Å². The smallest absolute Gasteiger partial charge is 0.480 e. The Hall–Kier alpha value is -3.15. The average molecular weight is 418 g/mol. The second kappa shape index (κ2) is 11.5. The summed E-state index contributed by atoms with van der Waals surface area (Å²) in [6.07, 6.45) is -5.10. The van der Waals surface area contributed by atoms with Crippen molar-refractivity contribution in [1.82, 2.24) is 5.32 Å². The van der Waals surface area contributed by atoms with E-state index in [1.54, 1.807) is 24.3 Å². The van der Waals surface area contributed by atoms with Crippen molar-refractivity contribution in [2.45, 2.75) is 37.5 Å². The van der Waals surface area contributed by atoms with Gasteiger partial charge >= 0.3 is 24.1 Å². The molecule has 0 aromatic heterocycles. The fourth-order valence-electron chi connectivity index (χ4n) is 1.73. The maximum Gasteiger partial charge on any atom is 0.490 e. The summed E-state index contributed by atoms with van der Waals surface area (Å²) in [5.74, 6) is -5.63. The van der Waals surface area contributed by atoms with Gasteiger partial charge in [0.15, 0.2) is 0 Å². The van der Waals surface area contributed by atoms with Gasteiger partial charge in [0, 0.05) is 12.8 Å². The molecule has 1 aromatic carbocycles. The Bertz CT molecular complexity index is 681. The van der Waals surface area contributed by atoms with Crippen molar-refractivity contribution in [2.24, 2.45) is 5.73 Å². The minimum Gasteiger partial charge on any atom is -0.480 e. The van der Waals surface area contributed by atoms with Crippen LogP contribution in [-0.4, -0.2) is 57.4 Å². The largest absolute Gasteiger partial charge is 0.490 e. The highest BCUT2D eigenvalue weighted by molar-refractivity contribution is 5.84. The monoisotopic (exact) mass is 418 g/mol. The number of benzene rings is 1. The van der Waals surface area contributed by atoms with Crippen molar-refractivity contribution in [3.8, 4) is 0 Å². The van der Waals surface area contributed by atoms with Gasteiger partial charge < -0.3 is 26.4 Å². The third kappa shape index (κ3) is 10.8. The summed E-state index contributed by atoms with van der Waals surface area (Å²) in [5, 5.41) is 27.2. The number of carboxylic acids is 3. The summed E-state index contributed by atoms with van der Waals surface area (Å²) in [6, 6.07) is 6.72. The third-order valence-electron chi connectivity index (χ3n) is 3.16. The molecule has 1 rings (SSSR count). The van der Waals surface area contributed by atoms with Crippen LogP contribution >= 0.6 is 0 Å². The molecule has 0 spiro atoms. The highest BCUT2D eigenvalue weighted by Crippen LogP contribution is 2.13. The minimum atomic E-state index is -5.08. The third-order valence-corrected chi connectivity index (χ3v) is 3.16. The number of hydrogen-bond acceptors (Lipinski definition) is 5. The number of nitrogens with one attached hydrogen (secondary N) is 1. The van der Waals surface area contributed by atoms with Gasteiger partial charge in [-0.05, 0) is 12.0 Å². The summed E-state index contributed by atoms with van der Waals surface area (Å²) in [5.41, 5.74) is 6.07. The van der Waals surface area contributed by atoms with E-state index in [0.29, 0.717) is 0 Å². The topological polar surface area (TPSA) is 167 Å². The molecule has 0 bridgehead atoms. The molecular weight excluding hydrogens is 399 g/mol. The first kappa shape index (κ1) is 24.8. The highest BCUT2D eigenvalue weighted by Gasteiger charge is 2.38. The predicted molar refractivity (Wildman–Crippen MR) is 88.2 cm³/mol. The van der Waals surface area contributed by atoms with E-state index >= 15 is 0 Å². The quantitative estimate of drug-likeness (QED) is 0.303. The van der Waals surface area contributed by atoms with Crippen molar-refractivity contribution < 1.29 is 47.7 Å². The maximum absolute atomic E-state index is 11.7. The number of amides is 1. The molecule has 28 heavy (non-hydrogen) atoms. The van der Waals surface area contributed by atoms with Gasteiger partial charge in [-0.15, -0.1) is 0 Å². The van der Waals surface area contributed by atoms with E-state index in [-0.39, 0.29) is 19.3 Å². The van der Waals surface area contributed by atoms with Crippen LogP contribution < -0.4 is 11.1 Å². The van der Waals surface area contributed by atoms with E-state index in [0.717, 1.165) is 5.56 Å². The summed E-state index contributed by atoms with van der Waals surface area (Å²) < 4.78 is 31.7. The lowest BCUT2D eigenvalue weighted by Gasteiger charge is -2.15. The zero-order valence-corrected chi connectivity index (χ0v) is 14.3. The fraction of sp³-hybridized carbons (Fsp3) is 0.375. The predicted octanol–water partition coefficient (Wildman–Crippen LogP) is 0.624. The zero-order chi connectivity index (χ0) is 21.9. The molecule has 9 nitrogen and oxygen atoms in total. The van der Waals surface area contributed by atoms with Gasteiger partial charge in [-0.25, -0.2) is 9.59 Å². The molecule has 1 aromatic rings. The Kier molecular flexibility index (Phi) is 10.2. The molecule has 0 fully saturated rings. The van der Waals surface area contributed by atoms with Crippen LogP contribution in [0.2, 0.25) is 0 Å². The average Bonchev–Trinajstić information content (AvgIpc) is 2.59. The molecule has 0 saturated carbocycles. The van der Waals surface area contributed by atoms with Gasteiger partial charge in [-0.1, -0.05) is 30.3 Å². The number of alkyl halides is 3. The van der Waals surface area contributed by atoms with Crippen LogP contribution in [0.3, 0.4) is 0 Å². The Morgan fingerprint density at radius 1 is 1.00 bits per heavy atom. The van der Waals surface area contributed by atoms with Crippen LogP contribution in [-0.2, 0) is 25.6 Å². The summed E-state index contributed by atoms with van der Waals surface area (Å²) >= 11 is 0. The molecule has 2 atom stereocenters. The summed E-state index contributed by atoms with van der Waals surface area (Å²) in [4.78, 5) is 42.2. The van der Waals surface area contributed by atoms with Crippen molar-refractivity contribution in [3.63, 3.8) is 0 Å². The zero-order valence-electron chi connectivity index (χ0n) is 14.3. The van der Waals surface area contributed by atoms with E-state index in [1.165, 1.54) is 0 Å². The molecule has 6 N–H and O–H groups in total. The number of rotatable bonds is 8. The van der Waals surface area contributed by atoms with Crippen molar-refractivity contribution >= 4 is 23.8 Å². The number of carbonyl (C=O) groups is 4. The van der Waals surface area contributed by atoms with E-state index in [1.807, 2.05) is 6.07 Å². The molecule has 0 aliphatic carbocycles. The highest BCUT2D eigenvalue weighted by atomic mass is 19.4. The van der Waals surface area contributed by atoms with Gasteiger partial charge in [-0.2, -0.15) is 13.2 Å². The van der Waals surface area contributed by atoms with Crippen molar-refractivity contribution in [3.05, 3.63) is 35.9 Å². The number of carbonyl (C=O) groups excluding carboxylic acids is 1. The summed E-state index contributed by atoms with van der Waals surface area (Å²) in [6.45, 7) is 0. The Morgan fingerprint density at radius 3 is 1.89 bits per heavy atom. The van der Waals surface area contributed by atoms with Crippen LogP contribution in [0, 0.1) is 0 Å². The van der Waals surface area contributed by atoms with Gasteiger partial charge in [-0.3, -0.25) is 9.59 Å². The molecule has 0 heterocycles.